The lowest BCUT2D eigenvalue weighted by Gasteiger charge is -2.22. The van der Waals surface area contributed by atoms with Gasteiger partial charge in [-0.25, -0.2) is 9.18 Å². The molecule has 1 heterocycles. The zero-order chi connectivity index (χ0) is 14.6. The van der Waals surface area contributed by atoms with E-state index in [0.29, 0.717) is 0 Å². The van der Waals surface area contributed by atoms with Gasteiger partial charge < -0.3 is 15.7 Å². The predicted octanol–water partition coefficient (Wildman–Crippen LogP) is 2.92. The molecule has 0 spiro atoms. The zero-order valence-electron chi connectivity index (χ0n) is 10.9. The van der Waals surface area contributed by atoms with Crippen molar-refractivity contribution in [2.75, 3.05) is 11.9 Å². The molecule has 2 aromatic rings. The van der Waals surface area contributed by atoms with E-state index in [1.54, 1.807) is 25.1 Å². The molecule has 1 atom stereocenters. The minimum atomic E-state index is -1.16. The topological polar surface area (TPSA) is 61.4 Å². The first kappa shape index (κ1) is 14.5. The second kappa shape index (κ2) is 6.02. The highest BCUT2D eigenvalue weighted by atomic mass is 32.1. The van der Waals surface area contributed by atoms with Crippen LogP contribution in [0, 0.1) is 5.82 Å². The van der Waals surface area contributed by atoms with Gasteiger partial charge in [-0.1, -0.05) is 12.1 Å². The summed E-state index contributed by atoms with van der Waals surface area (Å²) in [5, 5.41) is 18.8. The van der Waals surface area contributed by atoms with Crippen LogP contribution in [0.5, 0.6) is 0 Å². The molecule has 0 aliphatic rings. The predicted molar refractivity (Wildman–Crippen MR) is 77.3 cm³/mol. The Morgan fingerprint density at radius 1 is 1.40 bits per heavy atom. The summed E-state index contributed by atoms with van der Waals surface area (Å²) < 4.78 is 13.4. The second-order valence-corrected chi connectivity index (χ2v) is 5.35. The fourth-order valence-electron chi connectivity index (χ4n) is 1.65. The maximum atomic E-state index is 13.4. The van der Waals surface area contributed by atoms with Crippen LogP contribution in [0.15, 0.2) is 41.1 Å². The summed E-state index contributed by atoms with van der Waals surface area (Å²) in [5.74, 6) is -0.507. The van der Waals surface area contributed by atoms with Crippen LogP contribution in [0.3, 0.4) is 0 Å². The first-order valence-corrected chi connectivity index (χ1v) is 6.98. The van der Waals surface area contributed by atoms with Crippen molar-refractivity contribution in [2.24, 2.45) is 0 Å². The van der Waals surface area contributed by atoms with Crippen molar-refractivity contribution in [2.45, 2.75) is 12.5 Å². The Bertz CT molecular complexity index is 585. The molecule has 1 aromatic carbocycles. The van der Waals surface area contributed by atoms with Crippen molar-refractivity contribution < 1.29 is 14.3 Å². The number of carbonyl (C=O) groups excluding carboxylic acids is 1. The van der Waals surface area contributed by atoms with Crippen molar-refractivity contribution in [3.63, 3.8) is 0 Å². The first-order chi connectivity index (χ1) is 9.49. The van der Waals surface area contributed by atoms with Crippen molar-refractivity contribution >= 4 is 23.1 Å². The van der Waals surface area contributed by atoms with Crippen LogP contribution < -0.4 is 10.6 Å². The average Bonchev–Trinajstić information content (AvgIpc) is 2.94. The fourth-order valence-corrected chi connectivity index (χ4v) is 2.44. The Hall–Kier alpha value is -1.92. The van der Waals surface area contributed by atoms with Crippen LogP contribution in [0.25, 0.3) is 0 Å². The quantitative estimate of drug-likeness (QED) is 0.812. The Kier molecular flexibility index (Phi) is 4.36. The van der Waals surface area contributed by atoms with Crippen molar-refractivity contribution in [1.82, 2.24) is 5.32 Å². The van der Waals surface area contributed by atoms with Gasteiger partial charge in [0.25, 0.3) is 0 Å². The molecule has 2 rings (SSSR count). The summed E-state index contributed by atoms with van der Waals surface area (Å²) in [5.41, 5.74) is -0.332. The molecule has 106 valence electrons. The van der Waals surface area contributed by atoms with Crippen LogP contribution in [0.2, 0.25) is 0 Å². The molecule has 0 saturated carbocycles. The minimum Gasteiger partial charge on any atom is -0.384 e. The summed E-state index contributed by atoms with van der Waals surface area (Å²) in [6.45, 7) is 1.64. The molecule has 0 fully saturated rings. The number of aliphatic hydroxyl groups is 1. The molecule has 1 unspecified atom stereocenters. The summed E-state index contributed by atoms with van der Waals surface area (Å²) in [6.07, 6.45) is 0. The second-order valence-electron chi connectivity index (χ2n) is 4.57. The highest BCUT2D eigenvalue weighted by Crippen LogP contribution is 2.22. The van der Waals surface area contributed by atoms with E-state index < -0.39 is 17.4 Å². The van der Waals surface area contributed by atoms with Gasteiger partial charge in [0.2, 0.25) is 0 Å². The number of benzene rings is 1. The van der Waals surface area contributed by atoms with E-state index in [2.05, 4.69) is 10.6 Å². The van der Waals surface area contributed by atoms with Crippen molar-refractivity contribution in [3.05, 3.63) is 52.5 Å². The minimum absolute atomic E-state index is 0.0318. The zero-order valence-corrected chi connectivity index (χ0v) is 11.7. The number of amides is 2. The van der Waals surface area contributed by atoms with Crippen molar-refractivity contribution in [1.29, 1.82) is 0 Å². The van der Waals surface area contributed by atoms with Gasteiger partial charge in [0.1, 0.15) is 11.4 Å². The van der Waals surface area contributed by atoms with Gasteiger partial charge in [0, 0.05) is 0 Å². The van der Waals surface area contributed by atoms with E-state index in [4.69, 9.17) is 0 Å². The van der Waals surface area contributed by atoms with Crippen LogP contribution in [-0.2, 0) is 5.60 Å². The van der Waals surface area contributed by atoms with Gasteiger partial charge in [0.05, 0.1) is 12.2 Å². The van der Waals surface area contributed by atoms with E-state index >= 15 is 0 Å². The van der Waals surface area contributed by atoms with Crippen molar-refractivity contribution in [3.8, 4) is 0 Å². The number of rotatable bonds is 4. The Balaban J connectivity index is 1.91. The normalized spacial score (nSPS) is 13.6. The summed E-state index contributed by atoms with van der Waals surface area (Å²) >= 11 is 1.47. The third kappa shape index (κ3) is 3.55. The number of thiophene rings is 1. The molecule has 0 bridgehead atoms. The number of anilines is 1. The van der Waals surface area contributed by atoms with Gasteiger partial charge >= 0.3 is 6.03 Å². The van der Waals surface area contributed by atoms with Gasteiger partial charge in [-0.05, 0) is 41.4 Å². The molecular formula is C14H15FN2O2S. The number of urea groups is 1. The number of halogens is 1. The third-order valence-corrected chi connectivity index (χ3v) is 3.54. The van der Waals surface area contributed by atoms with Gasteiger partial charge in [-0.15, -0.1) is 0 Å². The molecule has 0 aliphatic heterocycles. The van der Waals surface area contributed by atoms with E-state index in [1.165, 1.54) is 23.5 Å². The van der Waals surface area contributed by atoms with E-state index in [0.717, 1.165) is 5.56 Å². The van der Waals surface area contributed by atoms with Crippen LogP contribution in [-0.4, -0.2) is 17.7 Å². The van der Waals surface area contributed by atoms with Crippen LogP contribution in [0.4, 0.5) is 14.9 Å². The molecule has 2 amide bonds. The van der Waals surface area contributed by atoms with Gasteiger partial charge in [-0.3, -0.25) is 0 Å². The van der Waals surface area contributed by atoms with Crippen LogP contribution in [0.1, 0.15) is 12.5 Å². The molecule has 0 radical (unpaired) electrons. The molecule has 0 aliphatic carbocycles. The third-order valence-electron chi connectivity index (χ3n) is 2.86. The van der Waals surface area contributed by atoms with Gasteiger partial charge in [0.15, 0.2) is 0 Å². The molecule has 3 N–H and O–H groups in total. The monoisotopic (exact) mass is 294 g/mol. The molecular weight excluding hydrogens is 279 g/mol. The Morgan fingerprint density at radius 2 is 2.15 bits per heavy atom. The first-order valence-electron chi connectivity index (χ1n) is 6.03. The number of hydrogen-bond acceptors (Lipinski definition) is 3. The van der Waals surface area contributed by atoms with E-state index in [-0.39, 0.29) is 12.2 Å². The fraction of sp³-hybridized carbons (Fsp3) is 0.214. The average molecular weight is 294 g/mol. The highest BCUT2D eigenvalue weighted by molar-refractivity contribution is 7.08. The summed E-state index contributed by atoms with van der Waals surface area (Å²) in [7, 11) is 0. The lowest BCUT2D eigenvalue weighted by atomic mass is 9.99. The number of carbonyl (C=O) groups is 1. The molecule has 0 saturated heterocycles. The number of hydrogen-bond donors (Lipinski definition) is 3. The standard InChI is InChI=1S/C14H15FN2O2S/c1-14(19,10-6-7-20-8-10)9-16-13(18)17-12-5-3-2-4-11(12)15/h2-8,19H,9H2,1H3,(H2,16,17,18). The maximum Gasteiger partial charge on any atom is 0.319 e. The molecule has 20 heavy (non-hydrogen) atoms. The molecule has 4 nitrogen and oxygen atoms in total. The number of nitrogens with one attached hydrogen (secondary N) is 2. The molecule has 1 aromatic heterocycles. The Labute approximate surface area is 120 Å². The van der Waals surface area contributed by atoms with E-state index in [1.807, 2.05) is 10.8 Å². The van der Waals surface area contributed by atoms with Gasteiger partial charge in [-0.2, -0.15) is 11.3 Å². The maximum absolute atomic E-state index is 13.4. The SMILES string of the molecule is CC(O)(CNC(=O)Nc1ccccc1F)c1ccsc1. The number of para-hydroxylation sites is 1. The Morgan fingerprint density at radius 3 is 2.80 bits per heavy atom. The summed E-state index contributed by atoms with van der Waals surface area (Å²) in [6, 6.07) is 7.12. The largest absolute Gasteiger partial charge is 0.384 e. The highest BCUT2D eigenvalue weighted by Gasteiger charge is 2.24. The summed E-state index contributed by atoms with van der Waals surface area (Å²) in [4.78, 5) is 11.7. The smallest absolute Gasteiger partial charge is 0.319 e. The van der Waals surface area contributed by atoms with E-state index in [9.17, 15) is 14.3 Å². The molecule has 6 heteroatoms. The van der Waals surface area contributed by atoms with Crippen LogP contribution >= 0.6 is 11.3 Å². The lowest BCUT2D eigenvalue weighted by molar-refractivity contribution is 0.0604. The lowest BCUT2D eigenvalue weighted by Crippen LogP contribution is -2.40.